The lowest BCUT2D eigenvalue weighted by Crippen LogP contribution is -2.39. The van der Waals surface area contributed by atoms with Crippen molar-refractivity contribution >= 4 is 0 Å². The van der Waals surface area contributed by atoms with E-state index in [9.17, 15) is 0 Å². The van der Waals surface area contributed by atoms with Gasteiger partial charge in [0, 0.05) is 25.8 Å². The zero-order valence-electron chi connectivity index (χ0n) is 9.35. The number of rotatable bonds is 7. The van der Waals surface area contributed by atoms with Crippen LogP contribution in [0.3, 0.4) is 0 Å². The lowest BCUT2D eigenvalue weighted by molar-refractivity contribution is 0.126. The minimum Gasteiger partial charge on any atom is -0.382 e. The molecule has 2 aliphatic carbocycles. The first kappa shape index (κ1) is 10.4. The highest BCUT2D eigenvalue weighted by atomic mass is 16.5. The van der Waals surface area contributed by atoms with Crippen molar-refractivity contribution in [3.63, 3.8) is 0 Å². The van der Waals surface area contributed by atoms with Crippen LogP contribution in [-0.4, -0.2) is 25.8 Å². The summed E-state index contributed by atoms with van der Waals surface area (Å²) in [5.74, 6) is 0. The molecule has 0 aliphatic heterocycles. The van der Waals surface area contributed by atoms with Crippen LogP contribution in [0, 0.1) is 5.41 Å². The molecule has 2 heteroatoms. The van der Waals surface area contributed by atoms with Crippen LogP contribution in [0.2, 0.25) is 0 Å². The summed E-state index contributed by atoms with van der Waals surface area (Å²) in [6.45, 7) is 5.14. The maximum atomic E-state index is 5.43. The van der Waals surface area contributed by atoms with Crippen molar-refractivity contribution in [2.75, 3.05) is 19.8 Å². The Hall–Kier alpha value is -0.0800. The Morgan fingerprint density at radius 2 is 2.14 bits per heavy atom. The molecule has 0 atom stereocenters. The summed E-state index contributed by atoms with van der Waals surface area (Å²) in [6, 6.07) is 0.847. The van der Waals surface area contributed by atoms with Crippen LogP contribution in [0.15, 0.2) is 0 Å². The van der Waals surface area contributed by atoms with Gasteiger partial charge in [-0.05, 0) is 44.4 Å². The topological polar surface area (TPSA) is 21.3 Å². The van der Waals surface area contributed by atoms with E-state index in [1.54, 1.807) is 0 Å². The molecule has 0 amide bonds. The molecule has 0 radical (unpaired) electrons. The van der Waals surface area contributed by atoms with Gasteiger partial charge in [0.25, 0.3) is 0 Å². The van der Waals surface area contributed by atoms with Crippen LogP contribution in [-0.2, 0) is 4.74 Å². The van der Waals surface area contributed by atoms with E-state index in [2.05, 4.69) is 12.2 Å². The quantitative estimate of drug-likeness (QED) is 0.632. The molecule has 0 aromatic rings. The number of ether oxygens (including phenoxy) is 1. The average Bonchev–Trinajstić information content (AvgIpc) is 2.83. The van der Waals surface area contributed by atoms with Crippen molar-refractivity contribution in [2.24, 2.45) is 5.41 Å². The molecule has 0 bridgehead atoms. The van der Waals surface area contributed by atoms with Crippen molar-refractivity contribution in [3.8, 4) is 0 Å². The predicted octanol–water partition coefficient (Wildman–Crippen LogP) is 2.34. The second kappa shape index (κ2) is 4.63. The van der Waals surface area contributed by atoms with E-state index in [4.69, 9.17) is 4.74 Å². The van der Waals surface area contributed by atoms with E-state index < -0.39 is 0 Å². The molecular weight excluding hydrogens is 174 g/mol. The number of hydrogen-bond donors (Lipinski definition) is 1. The van der Waals surface area contributed by atoms with Crippen molar-refractivity contribution in [1.29, 1.82) is 0 Å². The molecule has 2 saturated carbocycles. The van der Waals surface area contributed by atoms with Gasteiger partial charge in [-0.25, -0.2) is 0 Å². The first-order chi connectivity index (χ1) is 6.85. The summed E-state index contributed by atoms with van der Waals surface area (Å²) >= 11 is 0. The minimum atomic E-state index is 0.630. The van der Waals surface area contributed by atoms with Crippen molar-refractivity contribution in [3.05, 3.63) is 0 Å². The third kappa shape index (κ3) is 2.71. The molecule has 2 fully saturated rings. The molecule has 82 valence electrons. The van der Waals surface area contributed by atoms with E-state index in [1.807, 2.05) is 0 Å². The highest BCUT2D eigenvalue weighted by Crippen LogP contribution is 2.48. The first-order valence-corrected chi connectivity index (χ1v) is 6.16. The predicted molar refractivity (Wildman–Crippen MR) is 58.4 cm³/mol. The molecular formula is C12H23NO. The van der Waals surface area contributed by atoms with Gasteiger partial charge in [-0.1, -0.05) is 6.42 Å². The van der Waals surface area contributed by atoms with Crippen molar-refractivity contribution in [2.45, 2.75) is 51.5 Å². The van der Waals surface area contributed by atoms with Gasteiger partial charge < -0.3 is 10.1 Å². The van der Waals surface area contributed by atoms with E-state index in [0.717, 1.165) is 19.3 Å². The summed E-state index contributed by atoms with van der Waals surface area (Å²) in [5.41, 5.74) is 0.630. The third-order valence-corrected chi connectivity index (χ3v) is 3.81. The maximum Gasteiger partial charge on any atom is 0.0471 e. The highest BCUT2D eigenvalue weighted by molar-refractivity contribution is 4.96. The Labute approximate surface area is 87.4 Å². The van der Waals surface area contributed by atoms with E-state index in [1.165, 1.54) is 45.1 Å². The second-order valence-electron chi connectivity index (χ2n) is 4.96. The van der Waals surface area contributed by atoms with Gasteiger partial charge in [-0.15, -0.1) is 0 Å². The second-order valence-corrected chi connectivity index (χ2v) is 4.96. The summed E-state index contributed by atoms with van der Waals surface area (Å²) in [6.07, 6.45) is 8.34. The molecule has 0 heterocycles. The lowest BCUT2D eigenvalue weighted by atomic mass is 9.92. The van der Waals surface area contributed by atoms with Gasteiger partial charge in [-0.2, -0.15) is 0 Å². The Kier molecular flexibility index (Phi) is 3.45. The maximum absolute atomic E-state index is 5.43. The third-order valence-electron chi connectivity index (χ3n) is 3.81. The summed E-state index contributed by atoms with van der Waals surface area (Å²) in [5, 5.41) is 3.69. The van der Waals surface area contributed by atoms with Crippen LogP contribution < -0.4 is 5.32 Å². The van der Waals surface area contributed by atoms with Gasteiger partial charge in [-0.3, -0.25) is 0 Å². The first-order valence-electron chi connectivity index (χ1n) is 6.16. The molecule has 0 aromatic heterocycles. The fraction of sp³-hybridized carbons (Fsp3) is 1.00. The molecule has 0 spiro atoms. The Morgan fingerprint density at radius 1 is 1.36 bits per heavy atom. The molecule has 0 unspecified atom stereocenters. The normalized spacial score (nSPS) is 24.6. The summed E-state index contributed by atoms with van der Waals surface area (Å²) in [4.78, 5) is 0. The van der Waals surface area contributed by atoms with Crippen LogP contribution in [0.4, 0.5) is 0 Å². The van der Waals surface area contributed by atoms with E-state index in [0.29, 0.717) is 5.41 Å². The number of nitrogens with one attached hydrogen (secondary N) is 1. The van der Waals surface area contributed by atoms with Gasteiger partial charge in [0.15, 0.2) is 0 Å². The molecule has 0 aromatic carbocycles. The monoisotopic (exact) mass is 197 g/mol. The molecule has 2 nitrogen and oxygen atoms in total. The fourth-order valence-corrected chi connectivity index (χ4v) is 2.10. The van der Waals surface area contributed by atoms with Crippen molar-refractivity contribution in [1.82, 2.24) is 5.32 Å². The standard InChI is InChI=1S/C12H23NO/c1-2-14-9-8-12(6-7-12)10-13-11-4-3-5-11/h11,13H,2-10H2,1H3. The van der Waals surface area contributed by atoms with Crippen LogP contribution in [0.5, 0.6) is 0 Å². The van der Waals surface area contributed by atoms with Crippen LogP contribution in [0.25, 0.3) is 0 Å². The fourth-order valence-electron chi connectivity index (χ4n) is 2.10. The van der Waals surface area contributed by atoms with Crippen molar-refractivity contribution < 1.29 is 4.74 Å². The molecule has 0 saturated heterocycles. The molecule has 14 heavy (non-hydrogen) atoms. The molecule has 2 aliphatic rings. The average molecular weight is 197 g/mol. The SMILES string of the molecule is CCOCCC1(CNC2CCC2)CC1. The van der Waals surface area contributed by atoms with Gasteiger partial charge >= 0.3 is 0 Å². The van der Waals surface area contributed by atoms with Crippen LogP contribution >= 0.6 is 0 Å². The lowest BCUT2D eigenvalue weighted by Gasteiger charge is -2.29. The summed E-state index contributed by atoms with van der Waals surface area (Å²) < 4.78 is 5.43. The largest absolute Gasteiger partial charge is 0.382 e. The van der Waals surface area contributed by atoms with Crippen LogP contribution in [0.1, 0.15) is 45.4 Å². The zero-order valence-corrected chi connectivity index (χ0v) is 9.35. The Bertz CT molecular complexity index is 173. The smallest absolute Gasteiger partial charge is 0.0471 e. The Morgan fingerprint density at radius 3 is 2.64 bits per heavy atom. The van der Waals surface area contributed by atoms with Gasteiger partial charge in [0.1, 0.15) is 0 Å². The van der Waals surface area contributed by atoms with Gasteiger partial charge in [0.05, 0.1) is 0 Å². The number of hydrogen-bond acceptors (Lipinski definition) is 2. The van der Waals surface area contributed by atoms with E-state index in [-0.39, 0.29) is 0 Å². The zero-order chi connectivity index (χ0) is 9.86. The molecule has 1 N–H and O–H groups in total. The van der Waals surface area contributed by atoms with Gasteiger partial charge in [0.2, 0.25) is 0 Å². The Balaban J connectivity index is 1.58. The summed E-state index contributed by atoms with van der Waals surface area (Å²) in [7, 11) is 0. The highest BCUT2D eigenvalue weighted by Gasteiger charge is 2.42. The van der Waals surface area contributed by atoms with E-state index >= 15 is 0 Å². The molecule has 2 rings (SSSR count). The minimum absolute atomic E-state index is 0.630.